The molecule has 1 saturated carbocycles. The first-order valence-electron chi connectivity index (χ1n) is 14.6. The molecule has 0 radical (unpaired) electrons. The second-order valence-electron chi connectivity index (χ2n) is 11.4. The predicted molar refractivity (Wildman–Crippen MR) is 155 cm³/mol. The lowest BCUT2D eigenvalue weighted by Crippen LogP contribution is -2.36. The van der Waals surface area contributed by atoms with Gasteiger partial charge in [-0.3, -0.25) is 9.69 Å². The highest BCUT2D eigenvalue weighted by atomic mass is 16.6. The summed E-state index contributed by atoms with van der Waals surface area (Å²) in [6.45, 7) is 6.34. The highest BCUT2D eigenvalue weighted by Gasteiger charge is 2.33. The van der Waals surface area contributed by atoms with Crippen LogP contribution in [0.15, 0.2) is 47.3 Å². The van der Waals surface area contributed by atoms with Gasteiger partial charge in [0.1, 0.15) is 19.0 Å². The van der Waals surface area contributed by atoms with E-state index in [0.717, 1.165) is 40.9 Å². The minimum absolute atomic E-state index is 0.131. The van der Waals surface area contributed by atoms with Crippen molar-refractivity contribution in [2.75, 3.05) is 20.3 Å². The first-order valence-corrected chi connectivity index (χ1v) is 14.6. The summed E-state index contributed by atoms with van der Waals surface area (Å²) in [6.07, 6.45) is 5.79. The van der Waals surface area contributed by atoms with Gasteiger partial charge in [0.05, 0.1) is 24.7 Å². The van der Waals surface area contributed by atoms with Gasteiger partial charge in [0.15, 0.2) is 17.3 Å². The van der Waals surface area contributed by atoms with E-state index in [1.54, 1.807) is 7.11 Å². The Morgan fingerprint density at radius 3 is 2.51 bits per heavy atom. The number of methoxy groups -OCH3 is 1. The number of pyridine rings is 1. The van der Waals surface area contributed by atoms with Crippen molar-refractivity contribution in [3.8, 4) is 17.2 Å². The summed E-state index contributed by atoms with van der Waals surface area (Å²) in [6, 6.07) is 13.9. The molecule has 6 rings (SSSR count). The maximum Gasteiger partial charge on any atom is 0.252 e. The van der Waals surface area contributed by atoms with Gasteiger partial charge >= 0.3 is 0 Å². The molecule has 1 fully saturated rings. The Kier molecular flexibility index (Phi) is 7.91. The number of nitrogens with zero attached hydrogens (tertiary/aromatic N) is 5. The van der Waals surface area contributed by atoms with E-state index < -0.39 is 0 Å². The van der Waals surface area contributed by atoms with Crippen LogP contribution in [0.1, 0.15) is 75.0 Å². The number of rotatable bonds is 9. The highest BCUT2D eigenvalue weighted by molar-refractivity contribution is 5.83. The summed E-state index contributed by atoms with van der Waals surface area (Å²) in [5.74, 6) is 3.18. The van der Waals surface area contributed by atoms with Crippen LogP contribution < -0.4 is 19.8 Å². The van der Waals surface area contributed by atoms with Gasteiger partial charge in [-0.15, -0.1) is 5.10 Å². The average molecular weight is 559 g/mol. The first kappa shape index (κ1) is 27.3. The van der Waals surface area contributed by atoms with Crippen LogP contribution in [0.5, 0.6) is 17.2 Å². The Morgan fingerprint density at radius 1 is 1.02 bits per heavy atom. The summed E-state index contributed by atoms with van der Waals surface area (Å²) in [5, 5.41) is 14.1. The lowest BCUT2D eigenvalue weighted by atomic mass is 9.94. The van der Waals surface area contributed by atoms with Crippen molar-refractivity contribution in [3.63, 3.8) is 0 Å². The summed E-state index contributed by atoms with van der Waals surface area (Å²) >= 11 is 0. The monoisotopic (exact) mass is 558 g/mol. The zero-order valence-electron chi connectivity index (χ0n) is 24.0. The molecule has 10 heteroatoms. The summed E-state index contributed by atoms with van der Waals surface area (Å²) in [7, 11) is 1.69. The van der Waals surface area contributed by atoms with Crippen LogP contribution in [0.4, 0.5) is 0 Å². The fourth-order valence-electron chi connectivity index (χ4n) is 6.29. The number of ether oxygens (including phenoxy) is 3. The van der Waals surface area contributed by atoms with Gasteiger partial charge in [-0.1, -0.05) is 51.3 Å². The van der Waals surface area contributed by atoms with Crippen LogP contribution in [-0.2, 0) is 13.1 Å². The van der Waals surface area contributed by atoms with Crippen molar-refractivity contribution < 1.29 is 14.2 Å². The molecule has 0 bridgehead atoms. The van der Waals surface area contributed by atoms with Gasteiger partial charge in [0.25, 0.3) is 5.56 Å². The lowest BCUT2D eigenvalue weighted by molar-refractivity contribution is 0.120. The molecule has 1 aliphatic carbocycles. The van der Waals surface area contributed by atoms with Crippen LogP contribution in [-0.4, -0.2) is 50.4 Å². The van der Waals surface area contributed by atoms with Crippen LogP contribution >= 0.6 is 0 Å². The van der Waals surface area contributed by atoms with E-state index in [1.807, 2.05) is 41.1 Å². The number of H-pyrrole nitrogens is 1. The summed E-state index contributed by atoms with van der Waals surface area (Å²) in [5.41, 5.74) is 2.29. The molecule has 2 aromatic carbocycles. The molecule has 1 aliphatic heterocycles. The molecule has 3 heterocycles. The Labute approximate surface area is 239 Å². The van der Waals surface area contributed by atoms with Gasteiger partial charge < -0.3 is 19.2 Å². The van der Waals surface area contributed by atoms with Gasteiger partial charge in [0, 0.05) is 35.7 Å². The molecule has 4 aromatic rings. The van der Waals surface area contributed by atoms with E-state index in [0.29, 0.717) is 49.4 Å². The Balaban J connectivity index is 1.41. The maximum absolute atomic E-state index is 13.5. The SMILES string of the molecule is COc1ccccc1CN(Cc1cc2cc3c(cc2[nH]c1=O)OCCO3)[C@H](c1nnnn1C1CCCCC1)C(C)C. The first-order chi connectivity index (χ1) is 20.0. The number of tetrazole rings is 1. The molecule has 2 aromatic heterocycles. The van der Waals surface area contributed by atoms with Crippen molar-refractivity contribution >= 4 is 10.9 Å². The van der Waals surface area contributed by atoms with Crippen LogP contribution in [0, 0.1) is 5.92 Å². The lowest BCUT2D eigenvalue weighted by Gasteiger charge is -2.35. The number of nitrogens with one attached hydrogen (secondary N) is 1. The van der Waals surface area contributed by atoms with Gasteiger partial charge in [-0.2, -0.15) is 0 Å². The van der Waals surface area contributed by atoms with E-state index in [4.69, 9.17) is 14.2 Å². The van der Waals surface area contributed by atoms with Crippen molar-refractivity contribution in [1.82, 2.24) is 30.1 Å². The van der Waals surface area contributed by atoms with Crippen LogP contribution in [0.2, 0.25) is 0 Å². The van der Waals surface area contributed by atoms with Crippen molar-refractivity contribution in [2.45, 2.75) is 71.1 Å². The summed E-state index contributed by atoms with van der Waals surface area (Å²) < 4.78 is 19.3. The molecule has 1 N–H and O–H groups in total. The van der Waals surface area contributed by atoms with Gasteiger partial charge in [-0.25, -0.2) is 4.68 Å². The quantitative estimate of drug-likeness (QED) is 0.299. The molecule has 10 nitrogen and oxygen atoms in total. The maximum atomic E-state index is 13.5. The smallest absolute Gasteiger partial charge is 0.252 e. The predicted octanol–water partition coefficient (Wildman–Crippen LogP) is 5.20. The number of hydrogen-bond donors (Lipinski definition) is 1. The van der Waals surface area contributed by atoms with E-state index in [9.17, 15) is 4.79 Å². The number of hydrogen-bond acceptors (Lipinski definition) is 8. The van der Waals surface area contributed by atoms with Crippen LogP contribution in [0.25, 0.3) is 10.9 Å². The Hall–Kier alpha value is -3.92. The molecule has 1 atom stereocenters. The Bertz CT molecular complexity index is 1560. The van der Waals surface area contributed by atoms with Gasteiger partial charge in [0.2, 0.25) is 0 Å². The normalized spacial score (nSPS) is 16.4. The van der Waals surface area contributed by atoms with E-state index >= 15 is 0 Å². The third-order valence-electron chi connectivity index (χ3n) is 8.25. The molecular weight excluding hydrogens is 520 g/mol. The number of benzene rings is 2. The molecule has 41 heavy (non-hydrogen) atoms. The topological polar surface area (TPSA) is 107 Å². The zero-order chi connectivity index (χ0) is 28.3. The van der Waals surface area contributed by atoms with Crippen molar-refractivity contribution in [3.05, 3.63) is 69.8 Å². The zero-order valence-corrected chi connectivity index (χ0v) is 24.0. The molecule has 0 unspecified atom stereocenters. The standard InChI is InChI=1S/C31H38N6O4/c1-20(2)29(30-33-34-35-37(30)24-10-5-4-6-11-24)36(18-21-9-7-8-12-26(21)39-3)19-23-15-22-16-27-28(41-14-13-40-27)17-25(22)32-31(23)38/h7-9,12,15-17,20,24,29H,4-6,10-11,13-14,18-19H2,1-3H3,(H,32,38)/t29-/m0/s1. The number of para-hydroxylation sites is 1. The average Bonchev–Trinajstić information content (AvgIpc) is 3.46. The van der Waals surface area contributed by atoms with Gasteiger partial charge in [-0.05, 0) is 47.4 Å². The molecule has 0 spiro atoms. The largest absolute Gasteiger partial charge is 0.496 e. The second-order valence-corrected chi connectivity index (χ2v) is 11.4. The van der Waals surface area contributed by atoms with E-state index in [1.165, 1.54) is 19.3 Å². The number of aromatic amines is 1. The third kappa shape index (κ3) is 5.66. The molecule has 0 saturated heterocycles. The van der Waals surface area contributed by atoms with Crippen molar-refractivity contribution in [1.29, 1.82) is 0 Å². The minimum Gasteiger partial charge on any atom is -0.496 e. The van der Waals surface area contributed by atoms with E-state index in [-0.39, 0.29) is 17.5 Å². The number of fused-ring (bicyclic) bond motifs is 2. The third-order valence-corrected chi connectivity index (χ3v) is 8.25. The molecule has 216 valence electrons. The highest BCUT2D eigenvalue weighted by Crippen LogP contribution is 2.37. The number of aromatic nitrogens is 5. The fourth-order valence-corrected chi connectivity index (χ4v) is 6.29. The van der Waals surface area contributed by atoms with Crippen LogP contribution in [0.3, 0.4) is 0 Å². The molecular formula is C31H38N6O4. The summed E-state index contributed by atoms with van der Waals surface area (Å²) in [4.78, 5) is 18.9. The fraction of sp³-hybridized carbons (Fsp3) is 0.484. The van der Waals surface area contributed by atoms with E-state index in [2.05, 4.69) is 45.3 Å². The molecule has 0 amide bonds. The molecule has 2 aliphatic rings. The Morgan fingerprint density at radius 2 is 1.76 bits per heavy atom. The minimum atomic E-state index is -0.132. The second kappa shape index (κ2) is 11.9. The van der Waals surface area contributed by atoms with Crippen molar-refractivity contribution in [2.24, 2.45) is 5.92 Å².